The summed E-state index contributed by atoms with van der Waals surface area (Å²) < 4.78 is 7.28. The molecule has 2 unspecified atom stereocenters. The standard InChI is InChI=1S/C8H9Br2NOS/c1-4-3-11-8(13-4)6-2-5(9)7(10)12-6/h2,4,8,11H,3H2,1H3. The zero-order valence-corrected chi connectivity index (χ0v) is 11.0. The van der Waals surface area contributed by atoms with Crippen molar-refractivity contribution in [1.29, 1.82) is 0 Å². The molecule has 2 atom stereocenters. The van der Waals surface area contributed by atoms with E-state index in [1.54, 1.807) is 0 Å². The zero-order chi connectivity index (χ0) is 9.42. The van der Waals surface area contributed by atoms with Crippen molar-refractivity contribution in [3.05, 3.63) is 21.0 Å². The fourth-order valence-corrected chi connectivity index (χ4v) is 2.97. The number of thioether (sulfide) groups is 1. The summed E-state index contributed by atoms with van der Waals surface area (Å²) in [7, 11) is 0. The Balaban J connectivity index is 2.17. The van der Waals surface area contributed by atoms with Gasteiger partial charge in [-0.2, -0.15) is 0 Å². The van der Waals surface area contributed by atoms with Crippen LogP contribution < -0.4 is 5.32 Å². The van der Waals surface area contributed by atoms with Crippen LogP contribution in [0.25, 0.3) is 0 Å². The van der Waals surface area contributed by atoms with Gasteiger partial charge in [-0.25, -0.2) is 0 Å². The van der Waals surface area contributed by atoms with Crippen molar-refractivity contribution in [2.45, 2.75) is 17.5 Å². The van der Waals surface area contributed by atoms with Crippen molar-refractivity contribution in [3.63, 3.8) is 0 Å². The Bertz CT molecular complexity index is 296. The van der Waals surface area contributed by atoms with Crippen molar-refractivity contribution in [2.24, 2.45) is 0 Å². The van der Waals surface area contributed by atoms with Crippen LogP contribution in [-0.4, -0.2) is 11.8 Å². The molecule has 0 radical (unpaired) electrons. The van der Waals surface area contributed by atoms with E-state index in [0.29, 0.717) is 10.6 Å². The largest absolute Gasteiger partial charge is 0.451 e. The summed E-state index contributed by atoms with van der Waals surface area (Å²) in [5, 5.41) is 4.35. The van der Waals surface area contributed by atoms with Crippen LogP contribution in [0.2, 0.25) is 0 Å². The molecule has 13 heavy (non-hydrogen) atoms. The van der Waals surface area contributed by atoms with Crippen molar-refractivity contribution in [2.75, 3.05) is 6.54 Å². The topological polar surface area (TPSA) is 25.2 Å². The molecule has 1 aromatic rings. The minimum absolute atomic E-state index is 0.303. The van der Waals surface area contributed by atoms with Crippen LogP contribution in [0, 0.1) is 0 Å². The van der Waals surface area contributed by atoms with Crippen LogP contribution in [0.3, 0.4) is 0 Å². The van der Waals surface area contributed by atoms with Gasteiger partial charge in [0, 0.05) is 11.8 Å². The van der Waals surface area contributed by atoms with Gasteiger partial charge >= 0.3 is 0 Å². The van der Waals surface area contributed by atoms with Crippen molar-refractivity contribution in [1.82, 2.24) is 5.32 Å². The summed E-state index contributed by atoms with van der Waals surface area (Å²) in [6, 6.07) is 2.01. The number of hydrogen-bond donors (Lipinski definition) is 1. The van der Waals surface area contributed by atoms with E-state index in [9.17, 15) is 0 Å². The summed E-state index contributed by atoms with van der Waals surface area (Å²) >= 11 is 8.62. The van der Waals surface area contributed by atoms with Gasteiger partial charge in [0.05, 0.1) is 4.47 Å². The molecule has 0 saturated carbocycles. The maximum Gasteiger partial charge on any atom is 0.183 e. The average Bonchev–Trinajstić information content (AvgIpc) is 2.61. The van der Waals surface area contributed by atoms with E-state index in [1.807, 2.05) is 17.8 Å². The fraction of sp³-hybridized carbons (Fsp3) is 0.500. The monoisotopic (exact) mass is 325 g/mol. The van der Waals surface area contributed by atoms with Crippen molar-refractivity contribution in [3.8, 4) is 0 Å². The maximum absolute atomic E-state index is 5.53. The quantitative estimate of drug-likeness (QED) is 0.854. The van der Waals surface area contributed by atoms with Crippen LogP contribution in [0.15, 0.2) is 19.6 Å². The van der Waals surface area contributed by atoms with Gasteiger partial charge in [-0.05, 0) is 37.9 Å². The molecule has 2 rings (SSSR count). The minimum Gasteiger partial charge on any atom is -0.451 e. The van der Waals surface area contributed by atoms with Crippen LogP contribution in [-0.2, 0) is 0 Å². The van der Waals surface area contributed by atoms with Gasteiger partial charge in [0.1, 0.15) is 11.1 Å². The molecule has 0 bridgehead atoms. The Labute approximate surface area is 98.1 Å². The Morgan fingerprint density at radius 2 is 2.38 bits per heavy atom. The summed E-state index contributed by atoms with van der Waals surface area (Å²) in [5.74, 6) is 0.980. The number of rotatable bonds is 1. The van der Waals surface area contributed by atoms with E-state index in [1.165, 1.54) is 0 Å². The molecule has 1 N–H and O–H groups in total. The molecule has 2 heterocycles. The first kappa shape index (κ1) is 10.1. The average molecular weight is 327 g/mol. The highest BCUT2D eigenvalue weighted by Crippen LogP contribution is 2.38. The second-order valence-corrected chi connectivity index (χ2v) is 6.13. The number of furan rings is 1. The second-order valence-electron chi connectivity index (χ2n) is 3.01. The molecular weight excluding hydrogens is 318 g/mol. The lowest BCUT2D eigenvalue weighted by Gasteiger charge is -2.04. The molecule has 1 fully saturated rings. The highest BCUT2D eigenvalue weighted by atomic mass is 79.9. The molecule has 1 saturated heterocycles. The maximum atomic E-state index is 5.53. The third-order valence-corrected chi connectivity index (χ3v) is 4.89. The first-order valence-corrected chi connectivity index (χ1v) is 6.53. The molecular formula is C8H9Br2NOS. The van der Waals surface area contributed by atoms with E-state index in [2.05, 4.69) is 44.1 Å². The molecule has 72 valence electrons. The molecule has 0 spiro atoms. The zero-order valence-electron chi connectivity index (χ0n) is 7.01. The highest BCUT2D eigenvalue weighted by molar-refractivity contribution is 9.13. The fourth-order valence-electron chi connectivity index (χ4n) is 1.26. The van der Waals surface area contributed by atoms with E-state index in [4.69, 9.17) is 4.42 Å². The van der Waals surface area contributed by atoms with E-state index >= 15 is 0 Å². The van der Waals surface area contributed by atoms with Crippen molar-refractivity contribution >= 4 is 43.6 Å². The normalized spacial score (nSPS) is 28.2. The number of nitrogens with one attached hydrogen (secondary N) is 1. The van der Waals surface area contributed by atoms with Gasteiger partial charge in [-0.3, -0.25) is 5.32 Å². The van der Waals surface area contributed by atoms with Gasteiger partial charge < -0.3 is 4.42 Å². The Morgan fingerprint density at radius 3 is 2.85 bits per heavy atom. The number of halogens is 2. The molecule has 0 aromatic carbocycles. The smallest absolute Gasteiger partial charge is 0.183 e. The van der Waals surface area contributed by atoms with Crippen molar-refractivity contribution < 1.29 is 4.42 Å². The van der Waals surface area contributed by atoms with E-state index in [0.717, 1.165) is 21.4 Å². The third kappa shape index (κ3) is 2.14. The lowest BCUT2D eigenvalue weighted by Crippen LogP contribution is -2.13. The molecule has 5 heteroatoms. The SMILES string of the molecule is CC1CNC(c2cc(Br)c(Br)o2)S1. The van der Waals surface area contributed by atoms with E-state index < -0.39 is 0 Å². The lowest BCUT2D eigenvalue weighted by atomic mass is 10.4. The van der Waals surface area contributed by atoms with Crippen LogP contribution in [0.5, 0.6) is 0 Å². The van der Waals surface area contributed by atoms with Gasteiger partial charge in [-0.15, -0.1) is 11.8 Å². The Morgan fingerprint density at radius 1 is 1.62 bits per heavy atom. The minimum atomic E-state index is 0.303. The summed E-state index contributed by atoms with van der Waals surface area (Å²) in [5.41, 5.74) is 0. The van der Waals surface area contributed by atoms with Crippen LogP contribution in [0.1, 0.15) is 18.1 Å². The molecule has 0 amide bonds. The van der Waals surface area contributed by atoms with Gasteiger partial charge in [0.2, 0.25) is 0 Å². The molecule has 1 aliphatic rings. The summed E-state index contributed by atoms with van der Waals surface area (Å²) in [6.07, 6.45) is 0. The molecule has 1 aromatic heterocycles. The predicted molar refractivity (Wildman–Crippen MR) is 61.9 cm³/mol. The van der Waals surface area contributed by atoms with E-state index in [-0.39, 0.29) is 0 Å². The third-order valence-electron chi connectivity index (χ3n) is 1.88. The summed E-state index contributed by atoms with van der Waals surface area (Å²) in [4.78, 5) is 0. The van der Waals surface area contributed by atoms with Gasteiger partial charge in [0.25, 0.3) is 0 Å². The predicted octanol–water partition coefficient (Wildman–Crippen LogP) is 3.53. The second kappa shape index (κ2) is 3.96. The highest BCUT2D eigenvalue weighted by Gasteiger charge is 2.25. The number of hydrogen-bond acceptors (Lipinski definition) is 3. The molecule has 2 nitrogen and oxygen atoms in total. The first-order valence-electron chi connectivity index (χ1n) is 4.00. The van der Waals surface area contributed by atoms with Crippen LogP contribution in [0.4, 0.5) is 0 Å². The van der Waals surface area contributed by atoms with Gasteiger partial charge in [0.15, 0.2) is 4.67 Å². The first-order chi connectivity index (χ1) is 6.16. The van der Waals surface area contributed by atoms with Crippen LogP contribution >= 0.6 is 43.6 Å². The summed E-state index contributed by atoms with van der Waals surface area (Å²) in [6.45, 7) is 3.26. The Hall–Kier alpha value is 0.550. The lowest BCUT2D eigenvalue weighted by molar-refractivity contribution is 0.468. The molecule has 1 aliphatic heterocycles. The molecule has 0 aliphatic carbocycles. The Kier molecular flexibility index (Phi) is 3.07. The van der Waals surface area contributed by atoms with Gasteiger partial charge in [-0.1, -0.05) is 6.92 Å².